The van der Waals surface area contributed by atoms with Gasteiger partial charge >= 0.3 is 0 Å². The van der Waals surface area contributed by atoms with Crippen LogP contribution < -0.4 is 9.47 Å². The van der Waals surface area contributed by atoms with Gasteiger partial charge in [-0.15, -0.1) is 0 Å². The number of carbonyl (C=O) groups excluding carboxylic acids is 1. The highest BCUT2D eigenvalue weighted by atomic mass is 19.1. The number of halogens is 1. The SMILES string of the molecule is COc1cc(C(=O)N(C)Cc2ccc(F)cc2)ccc1OCCC(C)C. The molecule has 0 saturated carbocycles. The predicted molar refractivity (Wildman–Crippen MR) is 100 cm³/mol. The molecule has 0 aliphatic rings. The van der Waals surface area contributed by atoms with Crippen molar-refractivity contribution in [3.8, 4) is 11.5 Å². The second-order valence-electron chi connectivity index (χ2n) is 6.68. The molecule has 5 heteroatoms. The first-order chi connectivity index (χ1) is 12.4. The summed E-state index contributed by atoms with van der Waals surface area (Å²) in [5.41, 5.74) is 1.38. The third-order valence-electron chi connectivity index (χ3n) is 4.04. The van der Waals surface area contributed by atoms with Crippen LogP contribution in [0.1, 0.15) is 36.2 Å². The normalized spacial score (nSPS) is 10.7. The standard InChI is InChI=1S/C21H26FNO3/c1-15(2)11-12-26-19-10-7-17(13-20(19)25-4)21(24)23(3)14-16-5-8-18(22)9-6-16/h5-10,13,15H,11-12,14H2,1-4H3. The van der Waals surface area contributed by atoms with Crippen LogP contribution in [-0.2, 0) is 6.54 Å². The van der Waals surface area contributed by atoms with Gasteiger partial charge in [0.15, 0.2) is 11.5 Å². The van der Waals surface area contributed by atoms with Gasteiger partial charge in [-0.2, -0.15) is 0 Å². The van der Waals surface area contributed by atoms with Crippen LogP contribution in [0.2, 0.25) is 0 Å². The maximum atomic E-state index is 13.0. The lowest BCUT2D eigenvalue weighted by Crippen LogP contribution is -2.26. The van der Waals surface area contributed by atoms with Gasteiger partial charge in [-0.25, -0.2) is 4.39 Å². The number of amides is 1. The average Bonchev–Trinajstić information content (AvgIpc) is 2.62. The zero-order valence-corrected chi connectivity index (χ0v) is 15.8. The fourth-order valence-electron chi connectivity index (χ4n) is 2.48. The van der Waals surface area contributed by atoms with E-state index in [1.54, 1.807) is 49.4 Å². The summed E-state index contributed by atoms with van der Waals surface area (Å²) in [4.78, 5) is 14.2. The molecule has 4 nitrogen and oxygen atoms in total. The Labute approximate surface area is 154 Å². The van der Waals surface area contributed by atoms with E-state index in [1.165, 1.54) is 12.1 Å². The van der Waals surface area contributed by atoms with Crippen molar-refractivity contribution in [1.82, 2.24) is 4.90 Å². The predicted octanol–water partition coefficient (Wildman–Crippen LogP) is 4.53. The van der Waals surface area contributed by atoms with Gasteiger partial charge in [-0.1, -0.05) is 26.0 Å². The van der Waals surface area contributed by atoms with Crippen LogP contribution in [0.5, 0.6) is 11.5 Å². The van der Waals surface area contributed by atoms with Crippen LogP contribution in [0.25, 0.3) is 0 Å². The Hall–Kier alpha value is -2.56. The molecule has 140 valence electrons. The minimum Gasteiger partial charge on any atom is -0.493 e. The van der Waals surface area contributed by atoms with Gasteiger partial charge in [0.2, 0.25) is 0 Å². The molecule has 2 rings (SSSR count). The van der Waals surface area contributed by atoms with Crippen molar-refractivity contribution < 1.29 is 18.7 Å². The van der Waals surface area contributed by atoms with Crippen LogP contribution in [0.3, 0.4) is 0 Å². The first-order valence-electron chi connectivity index (χ1n) is 8.71. The van der Waals surface area contributed by atoms with E-state index in [1.807, 2.05) is 0 Å². The fourth-order valence-corrected chi connectivity index (χ4v) is 2.48. The summed E-state index contributed by atoms with van der Waals surface area (Å²) in [7, 11) is 3.27. The molecule has 0 fully saturated rings. The van der Waals surface area contributed by atoms with E-state index in [4.69, 9.17) is 9.47 Å². The maximum absolute atomic E-state index is 13.0. The van der Waals surface area contributed by atoms with E-state index in [0.717, 1.165) is 12.0 Å². The molecular formula is C21H26FNO3. The number of methoxy groups -OCH3 is 1. The van der Waals surface area contributed by atoms with Gasteiger partial charge in [0.1, 0.15) is 5.82 Å². The molecule has 1 amide bonds. The van der Waals surface area contributed by atoms with Crippen LogP contribution in [0.15, 0.2) is 42.5 Å². The van der Waals surface area contributed by atoms with E-state index in [9.17, 15) is 9.18 Å². The zero-order chi connectivity index (χ0) is 19.1. The molecule has 0 atom stereocenters. The summed E-state index contributed by atoms with van der Waals surface area (Å²) in [6.45, 7) is 5.28. The van der Waals surface area contributed by atoms with Crippen LogP contribution in [-0.4, -0.2) is 31.6 Å². The van der Waals surface area contributed by atoms with E-state index < -0.39 is 0 Å². The second-order valence-corrected chi connectivity index (χ2v) is 6.68. The van der Waals surface area contributed by atoms with Crippen molar-refractivity contribution in [2.24, 2.45) is 5.92 Å². The number of rotatable bonds is 8. The second kappa shape index (κ2) is 9.22. The highest BCUT2D eigenvalue weighted by molar-refractivity contribution is 5.94. The molecule has 2 aromatic carbocycles. The Bertz CT molecular complexity index is 729. The molecule has 0 N–H and O–H groups in total. The molecule has 0 radical (unpaired) electrons. The first kappa shape index (κ1) is 19.8. The van der Waals surface area contributed by atoms with Crippen molar-refractivity contribution in [2.45, 2.75) is 26.8 Å². The Balaban J connectivity index is 2.06. The minimum atomic E-state index is -0.291. The number of carbonyl (C=O) groups is 1. The zero-order valence-electron chi connectivity index (χ0n) is 15.8. The number of hydrogen-bond acceptors (Lipinski definition) is 3. The lowest BCUT2D eigenvalue weighted by atomic mass is 10.1. The number of benzene rings is 2. The summed E-state index contributed by atoms with van der Waals surface area (Å²) in [5, 5.41) is 0. The Morgan fingerprint density at radius 1 is 1.12 bits per heavy atom. The smallest absolute Gasteiger partial charge is 0.254 e. The van der Waals surface area contributed by atoms with Gasteiger partial charge in [-0.3, -0.25) is 4.79 Å². The molecule has 26 heavy (non-hydrogen) atoms. The third-order valence-corrected chi connectivity index (χ3v) is 4.04. The van der Waals surface area contributed by atoms with E-state index in [-0.39, 0.29) is 11.7 Å². The van der Waals surface area contributed by atoms with Crippen molar-refractivity contribution in [3.05, 3.63) is 59.4 Å². The molecule has 0 spiro atoms. The summed E-state index contributed by atoms with van der Waals surface area (Å²) in [6.07, 6.45) is 0.949. The van der Waals surface area contributed by atoms with Gasteiger partial charge < -0.3 is 14.4 Å². The largest absolute Gasteiger partial charge is 0.493 e. The molecule has 0 saturated heterocycles. The van der Waals surface area contributed by atoms with Crippen molar-refractivity contribution >= 4 is 5.91 Å². The molecule has 0 aliphatic carbocycles. The quantitative estimate of drug-likeness (QED) is 0.695. The van der Waals surface area contributed by atoms with E-state index >= 15 is 0 Å². The van der Waals surface area contributed by atoms with Crippen LogP contribution in [0.4, 0.5) is 4.39 Å². The topological polar surface area (TPSA) is 38.8 Å². The Morgan fingerprint density at radius 3 is 2.42 bits per heavy atom. The summed E-state index contributed by atoms with van der Waals surface area (Å²) >= 11 is 0. The fraction of sp³-hybridized carbons (Fsp3) is 0.381. The molecule has 0 aromatic heterocycles. The van der Waals surface area contributed by atoms with E-state index in [0.29, 0.717) is 36.1 Å². The third kappa shape index (κ3) is 5.48. The van der Waals surface area contributed by atoms with E-state index in [2.05, 4.69) is 13.8 Å². The molecule has 0 unspecified atom stereocenters. The maximum Gasteiger partial charge on any atom is 0.254 e. The average molecular weight is 359 g/mol. The Kier molecular flexibility index (Phi) is 7.01. The highest BCUT2D eigenvalue weighted by Gasteiger charge is 2.15. The number of nitrogens with zero attached hydrogens (tertiary/aromatic N) is 1. The van der Waals surface area contributed by atoms with Gasteiger partial charge in [0.25, 0.3) is 5.91 Å². The molecule has 0 heterocycles. The number of ether oxygens (including phenoxy) is 2. The minimum absolute atomic E-state index is 0.138. The van der Waals surface area contributed by atoms with Crippen LogP contribution in [0, 0.1) is 11.7 Å². The lowest BCUT2D eigenvalue weighted by molar-refractivity contribution is 0.0784. The summed E-state index contributed by atoms with van der Waals surface area (Å²) in [5.74, 6) is 1.30. The summed E-state index contributed by atoms with van der Waals surface area (Å²) < 4.78 is 24.1. The van der Waals surface area contributed by atoms with Gasteiger partial charge in [0, 0.05) is 19.2 Å². The number of hydrogen-bond donors (Lipinski definition) is 0. The van der Waals surface area contributed by atoms with Gasteiger partial charge in [-0.05, 0) is 48.2 Å². The molecular weight excluding hydrogens is 333 g/mol. The lowest BCUT2D eigenvalue weighted by Gasteiger charge is -2.18. The highest BCUT2D eigenvalue weighted by Crippen LogP contribution is 2.29. The monoisotopic (exact) mass is 359 g/mol. The molecule has 0 aliphatic heterocycles. The van der Waals surface area contributed by atoms with Gasteiger partial charge in [0.05, 0.1) is 13.7 Å². The van der Waals surface area contributed by atoms with Crippen LogP contribution >= 0.6 is 0 Å². The van der Waals surface area contributed by atoms with Crippen molar-refractivity contribution in [3.63, 3.8) is 0 Å². The summed E-state index contributed by atoms with van der Waals surface area (Å²) in [6, 6.07) is 11.3. The molecule has 0 bridgehead atoms. The molecule has 2 aromatic rings. The Morgan fingerprint density at radius 2 is 1.81 bits per heavy atom. The first-order valence-corrected chi connectivity index (χ1v) is 8.71. The van der Waals surface area contributed by atoms with Crippen molar-refractivity contribution in [1.29, 1.82) is 0 Å². The van der Waals surface area contributed by atoms with Crippen molar-refractivity contribution in [2.75, 3.05) is 20.8 Å².